The minimum Gasteiger partial charge on any atom is -0.493 e. The van der Waals surface area contributed by atoms with E-state index in [1.54, 1.807) is 0 Å². The Morgan fingerprint density at radius 1 is 1.18 bits per heavy atom. The zero-order valence-corrected chi connectivity index (χ0v) is 10.3. The number of ether oxygens (including phenoxy) is 1. The van der Waals surface area contributed by atoms with Crippen LogP contribution in [0.3, 0.4) is 0 Å². The van der Waals surface area contributed by atoms with Crippen LogP contribution in [-0.2, 0) is 6.42 Å². The van der Waals surface area contributed by atoms with E-state index >= 15 is 0 Å². The van der Waals surface area contributed by atoms with Crippen LogP contribution < -0.4 is 10.5 Å². The average Bonchev–Trinajstić information content (AvgIpc) is 2.97. The highest BCUT2D eigenvalue weighted by Gasteiger charge is 2.20. The van der Waals surface area contributed by atoms with Gasteiger partial charge in [0.1, 0.15) is 5.75 Å². The number of fused-ring (bicyclic) bond motifs is 1. The molecule has 2 N–H and O–H groups in total. The summed E-state index contributed by atoms with van der Waals surface area (Å²) in [6.45, 7) is 0.894. The number of aryl methyl sites for hydroxylation is 1. The number of nitrogens with two attached hydrogens (primary N) is 1. The summed E-state index contributed by atoms with van der Waals surface area (Å²) in [5.41, 5.74) is 8.74. The first-order chi connectivity index (χ1) is 8.33. The molecule has 3 rings (SSSR count). The van der Waals surface area contributed by atoms with Crippen LogP contribution in [-0.4, -0.2) is 6.61 Å². The van der Waals surface area contributed by atoms with E-state index in [1.165, 1.54) is 36.8 Å². The Bertz CT molecular complexity index is 396. The number of hydrogen-bond acceptors (Lipinski definition) is 2. The van der Waals surface area contributed by atoms with Gasteiger partial charge in [-0.05, 0) is 54.9 Å². The summed E-state index contributed by atoms with van der Waals surface area (Å²) >= 11 is 0. The first-order valence-corrected chi connectivity index (χ1v) is 6.84. The molecule has 2 aliphatic rings. The Hall–Kier alpha value is -1.02. The molecule has 0 bridgehead atoms. The van der Waals surface area contributed by atoms with Gasteiger partial charge in [0.2, 0.25) is 0 Å². The number of hydrogen-bond donors (Lipinski definition) is 1. The van der Waals surface area contributed by atoms with E-state index in [0.717, 1.165) is 31.1 Å². The van der Waals surface area contributed by atoms with E-state index < -0.39 is 0 Å². The SMILES string of the molecule is N[C@H]1CCc2cc(OCC3CCCC3)ccc21. The van der Waals surface area contributed by atoms with Crippen LogP contribution in [0.1, 0.15) is 49.3 Å². The predicted molar refractivity (Wildman–Crippen MR) is 69.1 cm³/mol. The van der Waals surface area contributed by atoms with Crippen molar-refractivity contribution >= 4 is 0 Å². The molecule has 1 aromatic carbocycles. The highest BCUT2D eigenvalue weighted by Crippen LogP contribution is 2.32. The first-order valence-electron chi connectivity index (χ1n) is 6.84. The molecule has 0 heterocycles. The molecule has 1 saturated carbocycles. The van der Waals surface area contributed by atoms with Gasteiger partial charge in [0.25, 0.3) is 0 Å². The second-order valence-corrected chi connectivity index (χ2v) is 5.47. The van der Waals surface area contributed by atoms with Gasteiger partial charge < -0.3 is 10.5 Å². The largest absolute Gasteiger partial charge is 0.493 e. The van der Waals surface area contributed by atoms with Crippen LogP contribution in [0.2, 0.25) is 0 Å². The van der Waals surface area contributed by atoms with Crippen LogP contribution in [0.5, 0.6) is 5.75 Å². The van der Waals surface area contributed by atoms with Crippen molar-refractivity contribution in [3.8, 4) is 5.75 Å². The van der Waals surface area contributed by atoms with E-state index in [4.69, 9.17) is 10.5 Å². The molecule has 2 aliphatic carbocycles. The van der Waals surface area contributed by atoms with E-state index in [1.807, 2.05) is 0 Å². The molecule has 17 heavy (non-hydrogen) atoms. The number of rotatable bonds is 3. The van der Waals surface area contributed by atoms with Crippen molar-refractivity contribution < 1.29 is 4.74 Å². The van der Waals surface area contributed by atoms with Crippen LogP contribution in [0, 0.1) is 5.92 Å². The van der Waals surface area contributed by atoms with Gasteiger partial charge in [-0.1, -0.05) is 18.9 Å². The van der Waals surface area contributed by atoms with Gasteiger partial charge in [-0.15, -0.1) is 0 Å². The molecule has 1 aromatic rings. The lowest BCUT2D eigenvalue weighted by atomic mass is 10.1. The average molecular weight is 231 g/mol. The minimum atomic E-state index is 0.244. The molecule has 1 atom stereocenters. The maximum atomic E-state index is 6.03. The second kappa shape index (κ2) is 4.69. The lowest BCUT2D eigenvalue weighted by Gasteiger charge is -2.12. The van der Waals surface area contributed by atoms with Crippen molar-refractivity contribution in [1.82, 2.24) is 0 Å². The van der Waals surface area contributed by atoms with E-state index in [2.05, 4.69) is 18.2 Å². The topological polar surface area (TPSA) is 35.2 Å². The Morgan fingerprint density at radius 2 is 2.00 bits per heavy atom. The van der Waals surface area contributed by atoms with Gasteiger partial charge in [0.05, 0.1) is 6.61 Å². The molecule has 1 fully saturated rings. The maximum absolute atomic E-state index is 6.03. The van der Waals surface area contributed by atoms with Crippen LogP contribution in [0.15, 0.2) is 18.2 Å². The number of benzene rings is 1. The molecule has 0 spiro atoms. The highest BCUT2D eigenvalue weighted by atomic mass is 16.5. The van der Waals surface area contributed by atoms with E-state index in [-0.39, 0.29) is 6.04 Å². The van der Waals surface area contributed by atoms with Gasteiger partial charge in [0.15, 0.2) is 0 Å². The monoisotopic (exact) mass is 231 g/mol. The molecule has 0 aliphatic heterocycles. The van der Waals surface area contributed by atoms with E-state index in [0.29, 0.717) is 0 Å². The van der Waals surface area contributed by atoms with Crippen LogP contribution >= 0.6 is 0 Å². The summed E-state index contributed by atoms with van der Waals surface area (Å²) in [5, 5.41) is 0. The molecule has 0 unspecified atom stereocenters. The standard InChI is InChI=1S/C15H21NO/c16-15-8-5-12-9-13(6-7-14(12)15)17-10-11-3-1-2-4-11/h6-7,9,11,15H,1-5,8,10,16H2/t15-/m0/s1. The first kappa shape index (κ1) is 11.1. The van der Waals surface area contributed by atoms with Crippen molar-refractivity contribution in [3.05, 3.63) is 29.3 Å². The smallest absolute Gasteiger partial charge is 0.119 e. The third kappa shape index (κ3) is 2.32. The van der Waals surface area contributed by atoms with Gasteiger partial charge in [0, 0.05) is 6.04 Å². The molecule has 2 nitrogen and oxygen atoms in total. The zero-order chi connectivity index (χ0) is 11.7. The Morgan fingerprint density at radius 3 is 2.82 bits per heavy atom. The second-order valence-electron chi connectivity index (χ2n) is 5.47. The fourth-order valence-corrected chi connectivity index (χ4v) is 3.11. The molecular weight excluding hydrogens is 210 g/mol. The lowest BCUT2D eigenvalue weighted by Crippen LogP contribution is -2.08. The quantitative estimate of drug-likeness (QED) is 0.867. The van der Waals surface area contributed by atoms with E-state index in [9.17, 15) is 0 Å². The summed E-state index contributed by atoms with van der Waals surface area (Å²) in [5.74, 6) is 1.82. The van der Waals surface area contributed by atoms with Gasteiger partial charge in [-0.2, -0.15) is 0 Å². The summed E-state index contributed by atoms with van der Waals surface area (Å²) in [7, 11) is 0. The zero-order valence-electron chi connectivity index (χ0n) is 10.3. The minimum absolute atomic E-state index is 0.244. The molecule has 0 saturated heterocycles. The molecule has 0 radical (unpaired) electrons. The summed E-state index contributed by atoms with van der Waals surface area (Å²) < 4.78 is 5.91. The highest BCUT2D eigenvalue weighted by molar-refractivity contribution is 5.40. The van der Waals surface area contributed by atoms with Gasteiger partial charge in [-0.25, -0.2) is 0 Å². The molecule has 0 amide bonds. The fourth-order valence-electron chi connectivity index (χ4n) is 3.11. The molecule has 2 heteroatoms. The van der Waals surface area contributed by atoms with Crippen molar-refractivity contribution in [2.24, 2.45) is 11.7 Å². The normalized spacial score (nSPS) is 23.9. The Balaban J connectivity index is 1.64. The van der Waals surface area contributed by atoms with Crippen molar-refractivity contribution in [2.45, 2.75) is 44.6 Å². The van der Waals surface area contributed by atoms with Gasteiger partial charge >= 0.3 is 0 Å². The lowest BCUT2D eigenvalue weighted by molar-refractivity contribution is 0.252. The third-order valence-corrected chi connectivity index (χ3v) is 4.20. The van der Waals surface area contributed by atoms with Crippen molar-refractivity contribution in [2.75, 3.05) is 6.61 Å². The molecular formula is C15H21NO. The molecule has 92 valence electrons. The van der Waals surface area contributed by atoms with Crippen LogP contribution in [0.4, 0.5) is 0 Å². The van der Waals surface area contributed by atoms with Gasteiger partial charge in [-0.3, -0.25) is 0 Å². The maximum Gasteiger partial charge on any atom is 0.119 e. The third-order valence-electron chi connectivity index (χ3n) is 4.20. The predicted octanol–water partition coefficient (Wildman–Crippen LogP) is 3.20. The fraction of sp³-hybridized carbons (Fsp3) is 0.600. The summed E-state index contributed by atoms with van der Waals surface area (Å²) in [4.78, 5) is 0. The Labute approximate surface area is 103 Å². The summed E-state index contributed by atoms with van der Waals surface area (Å²) in [6, 6.07) is 6.67. The van der Waals surface area contributed by atoms with Crippen molar-refractivity contribution in [3.63, 3.8) is 0 Å². The Kier molecular flexibility index (Phi) is 3.06. The van der Waals surface area contributed by atoms with Crippen molar-refractivity contribution in [1.29, 1.82) is 0 Å². The van der Waals surface area contributed by atoms with Crippen LogP contribution in [0.25, 0.3) is 0 Å². The molecule has 0 aromatic heterocycles. The summed E-state index contributed by atoms with van der Waals surface area (Å²) in [6.07, 6.45) is 7.64.